The van der Waals surface area contributed by atoms with Crippen molar-refractivity contribution in [1.82, 2.24) is 0 Å². The van der Waals surface area contributed by atoms with Gasteiger partial charge in [0.2, 0.25) is 0 Å². The molecule has 1 aromatic carbocycles. The monoisotopic (exact) mass is 278 g/mol. The molecule has 0 saturated heterocycles. The predicted molar refractivity (Wildman–Crippen MR) is 75.5 cm³/mol. The van der Waals surface area contributed by atoms with E-state index in [1.54, 1.807) is 18.2 Å². The first kappa shape index (κ1) is 16.5. The largest absolute Gasteiger partial charge is 0.398 e. The van der Waals surface area contributed by atoms with Crippen molar-refractivity contribution in [2.75, 3.05) is 5.73 Å². The normalized spacial score (nSPS) is 15.8. The summed E-state index contributed by atoms with van der Waals surface area (Å²) in [4.78, 5) is 0. The van der Waals surface area contributed by atoms with E-state index in [0.717, 1.165) is 6.42 Å². The van der Waals surface area contributed by atoms with Crippen molar-refractivity contribution in [3.63, 3.8) is 0 Å². The van der Waals surface area contributed by atoms with Crippen LogP contribution in [0.15, 0.2) is 18.2 Å². The Morgan fingerprint density at radius 1 is 1.41 bits per heavy atom. The summed E-state index contributed by atoms with van der Waals surface area (Å²) in [6.45, 7) is 3.98. The first-order valence-electron chi connectivity index (χ1n) is 5.46. The van der Waals surface area contributed by atoms with Gasteiger partial charge in [-0.05, 0) is 29.7 Å². The number of hydrogen-bond acceptors (Lipinski definition) is 3. The summed E-state index contributed by atoms with van der Waals surface area (Å²) in [5.74, 6) is 0.133. The third kappa shape index (κ3) is 4.03. The average Bonchev–Trinajstić information content (AvgIpc) is 2.29. The summed E-state index contributed by atoms with van der Waals surface area (Å²) >= 11 is 5.89. The second-order valence-corrected chi connectivity index (χ2v) is 4.61. The van der Waals surface area contributed by atoms with Crippen LogP contribution in [-0.4, -0.2) is 11.2 Å². The number of anilines is 1. The SMILES string of the molecule is CCC(C)[C@@H](O)[C@@H](N)c1cc(Cl)ccc1N.Cl. The fraction of sp³-hybridized carbons (Fsp3) is 0.500. The summed E-state index contributed by atoms with van der Waals surface area (Å²) in [6, 6.07) is 4.64. The molecule has 17 heavy (non-hydrogen) atoms. The number of halogens is 2. The van der Waals surface area contributed by atoms with Crippen LogP contribution in [0, 0.1) is 5.92 Å². The van der Waals surface area contributed by atoms with Crippen LogP contribution in [0.5, 0.6) is 0 Å². The van der Waals surface area contributed by atoms with E-state index in [0.29, 0.717) is 16.3 Å². The second-order valence-electron chi connectivity index (χ2n) is 4.18. The van der Waals surface area contributed by atoms with Crippen LogP contribution in [0.25, 0.3) is 0 Å². The van der Waals surface area contributed by atoms with E-state index in [9.17, 15) is 5.11 Å². The van der Waals surface area contributed by atoms with Gasteiger partial charge >= 0.3 is 0 Å². The maximum Gasteiger partial charge on any atom is 0.0758 e. The summed E-state index contributed by atoms with van der Waals surface area (Å²) < 4.78 is 0. The molecule has 98 valence electrons. The summed E-state index contributed by atoms with van der Waals surface area (Å²) in [5.41, 5.74) is 13.1. The third-order valence-electron chi connectivity index (χ3n) is 3.00. The predicted octanol–water partition coefficient (Wildman–Crippen LogP) is 2.75. The lowest BCUT2D eigenvalue weighted by molar-refractivity contribution is 0.0882. The zero-order chi connectivity index (χ0) is 12.3. The third-order valence-corrected chi connectivity index (χ3v) is 3.24. The molecule has 0 spiro atoms. The van der Waals surface area contributed by atoms with Gasteiger partial charge in [-0.15, -0.1) is 12.4 Å². The van der Waals surface area contributed by atoms with Gasteiger partial charge in [0.1, 0.15) is 0 Å². The topological polar surface area (TPSA) is 72.3 Å². The van der Waals surface area contributed by atoms with Gasteiger partial charge in [0, 0.05) is 10.7 Å². The van der Waals surface area contributed by atoms with Gasteiger partial charge in [0.05, 0.1) is 12.1 Å². The van der Waals surface area contributed by atoms with Crippen molar-refractivity contribution in [1.29, 1.82) is 0 Å². The number of benzene rings is 1. The number of aliphatic hydroxyl groups is 1. The smallest absolute Gasteiger partial charge is 0.0758 e. The zero-order valence-electron chi connectivity index (χ0n) is 10.1. The van der Waals surface area contributed by atoms with Crippen LogP contribution in [0.1, 0.15) is 31.9 Å². The van der Waals surface area contributed by atoms with E-state index in [2.05, 4.69) is 0 Å². The highest BCUT2D eigenvalue weighted by atomic mass is 35.5. The first-order chi connectivity index (χ1) is 7.47. The lowest BCUT2D eigenvalue weighted by atomic mass is 9.91. The molecule has 3 atom stereocenters. The number of hydrogen-bond donors (Lipinski definition) is 3. The molecular formula is C12H20Cl2N2O. The van der Waals surface area contributed by atoms with Gasteiger partial charge < -0.3 is 16.6 Å². The molecule has 0 amide bonds. The van der Waals surface area contributed by atoms with Crippen molar-refractivity contribution in [2.45, 2.75) is 32.4 Å². The Morgan fingerprint density at radius 2 is 2.00 bits per heavy atom. The molecule has 0 radical (unpaired) electrons. The Labute approximate surface area is 114 Å². The van der Waals surface area contributed by atoms with Crippen LogP contribution in [0.4, 0.5) is 5.69 Å². The Hall–Kier alpha value is -0.480. The molecule has 1 unspecified atom stereocenters. The van der Waals surface area contributed by atoms with Crippen LogP contribution in [-0.2, 0) is 0 Å². The lowest BCUT2D eigenvalue weighted by Gasteiger charge is -2.25. The van der Waals surface area contributed by atoms with Crippen LogP contribution < -0.4 is 11.5 Å². The molecular weight excluding hydrogens is 259 g/mol. The number of nitrogens with two attached hydrogens (primary N) is 2. The molecule has 0 fully saturated rings. The Bertz CT molecular complexity index is 360. The van der Waals surface area contributed by atoms with Crippen molar-refractivity contribution in [2.24, 2.45) is 11.7 Å². The van der Waals surface area contributed by atoms with Crippen molar-refractivity contribution in [3.05, 3.63) is 28.8 Å². The van der Waals surface area contributed by atoms with Gasteiger partial charge in [0.15, 0.2) is 0 Å². The van der Waals surface area contributed by atoms with Crippen LogP contribution in [0.2, 0.25) is 5.02 Å². The maximum atomic E-state index is 10.0. The van der Waals surface area contributed by atoms with E-state index in [-0.39, 0.29) is 18.3 Å². The highest BCUT2D eigenvalue weighted by Gasteiger charge is 2.23. The molecule has 0 bridgehead atoms. The quantitative estimate of drug-likeness (QED) is 0.742. The molecule has 0 aromatic heterocycles. The molecule has 1 rings (SSSR count). The first-order valence-corrected chi connectivity index (χ1v) is 5.83. The van der Waals surface area contributed by atoms with Gasteiger partial charge in [-0.1, -0.05) is 31.9 Å². The van der Waals surface area contributed by atoms with Crippen LogP contribution in [0.3, 0.4) is 0 Å². The van der Waals surface area contributed by atoms with Gasteiger partial charge in [-0.3, -0.25) is 0 Å². The highest BCUT2D eigenvalue weighted by molar-refractivity contribution is 6.30. The standard InChI is InChI=1S/C12H19ClN2O.ClH/c1-3-7(2)12(16)11(15)9-6-8(13)4-5-10(9)14;/h4-7,11-12,16H,3,14-15H2,1-2H3;1H/t7?,11-,12+;/m0./s1. The minimum Gasteiger partial charge on any atom is -0.398 e. The Balaban J connectivity index is 0.00000256. The minimum absolute atomic E-state index is 0. The molecule has 0 aliphatic carbocycles. The molecule has 0 aliphatic rings. The number of nitrogen functional groups attached to an aromatic ring is 1. The molecule has 0 aliphatic heterocycles. The van der Waals surface area contributed by atoms with Gasteiger partial charge in [-0.2, -0.15) is 0 Å². The molecule has 5 heteroatoms. The molecule has 1 aromatic rings. The zero-order valence-corrected chi connectivity index (χ0v) is 11.6. The highest BCUT2D eigenvalue weighted by Crippen LogP contribution is 2.28. The Kier molecular flexibility index (Phi) is 6.87. The van der Waals surface area contributed by atoms with E-state index in [1.165, 1.54) is 0 Å². The molecule has 3 nitrogen and oxygen atoms in total. The molecule has 5 N–H and O–H groups in total. The van der Waals surface area contributed by atoms with Crippen molar-refractivity contribution in [3.8, 4) is 0 Å². The number of aliphatic hydroxyl groups excluding tert-OH is 1. The average molecular weight is 279 g/mol. The van der Waals surface area contributed by atoms with E-state index in [1.807, 2.05) is 13.8 Å². The fourth-order valence-corrected chi connectivity index (χ4v) is 1.79. The van der Waals surface area contributed by atoms with Crippen LogP contribution >= 0.6 is 24.0 Å². The van der Waals surface area contributed by atoms with Crippen molar-refractivity contribution < 1.29 is 5.11 Å². The fourth-order valence-electron chi connectivity index (χ4n) is 1.61. The van der Waals surface area contributed by atoms with E-state index in [4.69, 9.17) is 23.1 Å². The van der Waals surface area contributed by atoms with Gasteiger partial charge in [0.25, 0.3) is 0 Å². The van der Waals surface area contributed by atoms with Crippen molar-refractivity contribution >= 4 is 29.7 Å². The molecule has 0 saturated carbocycles. The minimum atomic E-state index is -0.606. The summed E-state index contributed by atoms with van der Waals surface area (Å²) in [7, 11) is 0. The summed E-state index contributed by atoms with van der Waals surface area (Å²) in [5, 5.41) is 10.6. The van der Waals surface area contributed by atoms with E-state index < -0.39 is 12.1 Å². The maximum absolute atomic E-state index is 10.0. The van der Waals surface area contributed by atoms with E-state index >= 15 is 0 Å². The molecule has 0 heterocycles. The summed E-state index contributed by atoms with van der Waals surface area (Å²) in [6.07, 6.45) is 0.265. The van der Waals surface area contributed by atoms with Gasteiger partial charge in [-0.25, -0.2) is 0 Å². The number of rotatable bonds is 4. The Morgan fingerprint density at radius 3 is 2.53 bits per heavy atom. The second kappa shape index (κ2) is 7.07. The lowest BCUT2D eigenvalue weighted by Crippen LogP contribution is -2.32.